The zero-order valence-electron chi connectivity index (χ0n) is 13.4. The molecule has 0 bridgehead atoms. The van der Waals surface area contributed by atoms with Gasteiger partial charge < -0.3 is 5.32 Å². The number of hydrogen-bond acceptors (Lipinski definition) is 3. The maximum absolute atomic E-state index is 12.3. The van der Waals surface area contributed by atoms with Crippen LogP contribution in [0.4, 0.5) is 0 Å². The van der Waals surface area contributed by atoms with Gasteiger partial charge in [-0.1, -0.05) is 35.9 Å². The number of carbonyl (C=O) groups excluding carboxylic acids is 1. The van der Waals surface area contributed by atoms with Crippen LogP contribution in [0.25, 0.3) is 5.65 Å². The summed E-state index contributed by atoms with van der Waals surface area (Å²) in [5, 5.41) is 7.07. The van der Waals surface area contributed by atoms with Gasteiger partial charge >= 0.3 is 5.69 Å². The summed E-state index contributed by atoms with van der Waals surface area (Å²) in [7, 11) is 0. The van der Waals surface area contributed by atoms with Crippen LogP contribution in [0.1, 0.15) is 24.1 Å². The minimum absolute atomic E-state index is 0.122. The number of halogens is 1. The second-order valence-electron chi connectivity index (χ2n) is 5.68. The quantitative estimate of drug-likeness (QED) is 0.697. The Morgan fingerprint density at radius 3 is 2.62 bits per heavy atom. The van der Waals surface area contributed by atoms with Crippen molar-refractivity contribution >= 4 is 27.5 Å². The third kappa shape index (κ3) is 3.26. The van der Waals surface area contributed by atoms with Gasteiger partial charge in [0, 0.05) is 0 Å². The molecule has 0 aliphatic heterocycles. The van der Waals surface area contributed by atoms with Crippen molar-refractivity contribution in [2.75, 3.05) is 0 Å². The van der Waals surface area contributed by atoms with Crippen molar-refractivity contribution in [3.63, 3.8) is 0 Å². The van der Waals surface area contributed by atoms with Crippen LogP contribution in [-0.4, -0.2) is 20.1 Å². The average molecular weight is 389 g/mol. The van der Waals surface area contributed by atoms with Crippen molar-refractivity contribution in [1.29, 1.82) is 0 Å². The van der Waals surface area contributed by atoms with Gasteiger partial charge in [0.05, 0.1) is 10.6 Å². The number of hydrogen-bond donors (Lipinski definition) is 1. The minimum Gasteiger partial charge on any atom is -0.348 e. The van der Waals surface area contributed by atoms with Crippen LogP contribution < -0.4 is 11.0 Å². The fraction of sp³-hybridized carbons (Fsp3) is 0.235. The topological polar surface area (TPSA) is 68.4 Å². The Morgan fingerprint density at radius 2 is 1.96 bits per heavy atom. The smallest absolute Gasteiger partial charge is 0.348 e. The molecule has 0 fully saturated rings. The number of fused-ring (bicyclic) bond motifs is 1. The van der Waals surface area contributed by atoms with Gasteiger partial charge in [0.2, 0.25) is 5.91 Å². The van der Waals surface area contributed by atoms with Gasteiger partial charge in [0.25, 0.3) is 0 Å². The molecule has 2 aromatic heterocycles. The lowest BCUT2D eigenvalue weighted by molar-refractivity contribution is -0.122. The Hall–Kier alpha value is -2.41. The molecule has 3 aromatic rings. The van der Waals surface area contributed by atoms with Crippen molar-refractivity contribution in [3.8, 4) is 0 Å². The molecule has 0 aliphatic rings. The van der Waals surface area contributed by atoms with Crippen molar-refractivity contribution in [1.82, 2.24) is 19.5 Å². The van der Waals surface area contributed by atoms with Crippen LogP contribution >= 0.6 is 15.9 Å². The van der Waals surface area contributed by atoms with Crippen molar-refractivity contribution in [3.05, 3.63) is 68.7 Å². The van der Waals surface area contributed by atoms with Gasteiger partial charge in [0.1, 0.15) is 6.54 Å². The molecular weight excluding hydrogens is 372 g/mol. The highest BCUT2D eigenvalue weighted by molar-refractivity contribution is 9.10. The van der Waals surface area contributed by atoms with Gasteiger partial charge in [-0.15, -0.1) is 5.10 Å². The first-order valence-corrected chi connectivity index (χ1v) is 8.35. The van der Waals surface area contributed by atoms with E-state index in [4.69, 9.17) is 0 Å². The number of benzene rings is 1. The molecule has 6 nitrogen and oxygen atoms in total. The van der Waals surface area contributed by atoms with Crippen LogP contribution in [0.5, 0.6) is 0 Å². The second kappa shape index (κ2) is 6.60. The summed E-state index contributed by atoms with van der Waals surface area (Å²) in [5.41, 5.74) is 2.32. The molecule has 1 aromatic carbocycles. The van der Waals surface area contributed by atoms with Crippen LogP contribution in [0.3, 0.4) is 0 Å². The van der Waals surface area contributed by atoms with Gasteiger partial charge in [0.15, 0.2) is 5.65 Å². The van der Waals surface area contributed by atoms with Crippen LogP contribution in [0.2, 0.25) is 0 Å². The molecule has 1 atom stereocenters. The minimum atomic E-state index is -0.351. The van der Waals surface area contributed by atoms with E-state index < -0.39 is 0 Å². The van der Waals surface area contributed by atoms with E-state index in [9.17, 15) is 9.59 Å². The average Bonchev–Trinajstić information content (AvgIpc) is 2.85. The van der Waals surface area contributed by atoms with E-state index in [-0.39, 0.29) is 24.2 Å². The number of nitrogens with zero attached hydrogens (tertiary/aromatic N) is 3. The van der Waals surface area contributed by atoms with Gasteiger partial charge in [-0.05, 0) is 47.5 Å². The molecule has 0 saturated heterocycles. The maximum Gasteiger partial charge on any atom is 0.351 e. The molecule has 24 heavy (non-hydrogen) atoms. The van der Waals surface area contributed by atoms with Crippen LogP contribution in [0, 0.1) is 6.92 Å². The second-order valence-corrected chi connectivity index (χ2v) is 6.49. The largest absolute Gasteiger partial charge is 0.351 e. The highest BCUT2D eigenvalue weighted by Gasteiger charge is 2.14. The number of aromatic nitrogens is 3. The molecule has 1 N–H and O–H groups in total. The Bertz CT molecular complexity index is 943. The number of aryl methyl sites for hydroxylation is 1. The molecule has 2 heterocycles. The van der Waals surface area contributed by atoms with Gasteiger partial charge in [-0.3, -0.25) is 4.79 Å². The molecule has 0 radical (unpaired) electrons. The highest BCUT2D eigenvalue weighted by Crippen LogP contribution is 2.13. The summed E-state index contributed by atoms with van der Waals surface area (Å²) in [6.07, 6.45) is 0. The van der Waals surface area contributed by atoms with E-state index in [0.29, 0.717) is 10.3 Å². The summed E-state index contributed by atoms with van der Waals surface area (Å²) in [4.78, 5) is 24.6. The molecule has 3 rings (SSSR count). The van der Waals surface area contributed by atoms with Crippen LogP contribution in [0.15, 0.2) is 51.9 Å². The van der Waals surface area contributed by atoms with Crippen molar-refractivity contribution in [2.24, 2.45) is 0 Å². The van der Waals surface area contributed by atoms with E-state index in [1.165, 1.54) is 9.96 Å². The third-order valence-corrected chi connectivity index (χ3v) is 4.42. The summed E-state index contributed by atoms with van der Waals surface area (Å²) in [6.45, 7) is 3.80. The van der Waals surface area contributed by atoms with Gasteiger partial charge in [-0.25, -0.2) is 13.9 Å². The molecule has 1 amide bonds. The first kappa shape index (κ1) is 16.4. The Labute approximate surface area is 147 Å². The zero-order valence-corrected chi connectivity index (χ0v) is 14.9. The lowest BCUT2D eigenvalue weighted by atomic mass is 10.1. The maximum atomic E-state index is 12.3. The Morgan fingerprint density at radius 1 is 1.25 bits per heavy atom. The van der Waals surface area contributed by atoms with Gasteiger partial charge in [-0.2, -0.15) is 0 Å². The predicted molar refractivity (Wildman–Crippen MR) is 94.9 cm³/mol. The van der Waals surface area contributed by atoms with E-state index >= 15 is 0 Å². The molecule has 0 spiro atoms. The molecular formula is C17H17BrN4O2. The molecule has 0 saturated carbocycles. The number of rotatable bonds is 4. The highest BCUT2D eigenvalue weighted by atomic mass is 79.9. The SMILES string of the molecule is Cc1ccc([C@H](C)NC(=O)Cn2nc3cccc(Br)n3c2=O)cc1. The Balaban J connectivity index is 1.75. The monoisotopic (exact) mass is 388 g/mol. The lowest BCUT2D eigenvalue weighted by Crippen LogP contribution is -2.34. The fourth-order valence-electron chi connectivity index (χ4n) is 2.49. The predicted octanol–water partition coefficient (Wildman–Crippen LogP) is 2.44. The zero-order chi connectivity index (χ0) is 17.3. The first-order chi connectivity index (χ1) is 11.5. The number of amides is 1. The summed E-state index contributed by atoms with van der Waals surface area (Å²) in [6, 6.07) is 13.1. The van der Waals surface area contributed by atoms with Crippen molar-refractivity contribution < 1.29 is 4.79 Å². The number of pyridine rings is 1. The van der Waals surface area contributed by atoms with Crippen molar-refractivity contribution in [2.45, 2.75) is 26.4 Å². The summed E-state index contributed by atoms with van der Waals surface area (Å²) < 4.78 is 3.18. The molecule has 124 valence electrons. The Kier molecular flexibility index (Phi) is 4.53. The van der Waals surface area contributed by atoms with E-state index in [1.807, 2.05) is 38.1 Å². The standard InChI is InChI=1S/C17H17BrN4O2/c1-11-6-8-13(9-7-11)12(2)19-16(23)10-21-17(24)22-14(18)4-3-5-15(22)20-21/h3-9,12H,10H2,1-2H3,(H,19,23)/t12-/m0/s1. The molecule has 0 unspecified atom stereocenters. The van der Waals surface area contributed by atoms with E-state index in [2.05, 4.69) is 26.3 Å². The lowest BCUT2D eigenvalue weighted by Gasteiger charge is -2.14. The normalized spacial score (nSPS) is 12.3. The van der Waals surface area contributed by atoms with E-state index in [1.54, 1.807) is 18.2 Å². The molecule has 7 heteroatoms. The summed E-state index contributed by atoms with van der Waals surface area (Å²) in [5.74, 6) is -0.260. The number of carbonyl (C=O) groups is 1. The van der Waals surface area contributed by atoms with E-state index in [0.717, 1.165) is 10.2 Å². The third-order valence-electron chi connectivity index (χ3n) is 3.81. The van der Waals surface area contributed by atoms with Crippen LogP contribution in [-0.2, 0) is 11.3 Å². The number of nitrogens with one attached hydrogen (secondary N) is 1. The summed E-state index contributed by atoms with van der Waals surface area (Å²) >= 11 is 3.31. The molecule has 0 aliphatic carbocycles. The first-order valence-electron chi connectivity index (χ1n) is 7.56. The fourth-order valence-corrected chi connectivity index (χ4v) is 2.97.